The third-order valence-electron chi connectivity index (χ3n) is 2.64. The molecule has 1 aliphatic rings. The number of benzene rings is 1. The minimum absolute atomic E-state index is 0.00946. The highest BCUT2D eigenvalue weighted by atomic mass is 16.5. The Hall–Kier alpha value is -2.68. The number of carbonyl (C=O) groups is 2. The molecule has 0 aromatic heterocycles. The third kappa shape index (κ3) is 3.16. The molecule has 0 aliphatic carbocycles. The van der Waals surface area contributed by atoms with Gasteiger partial charge >= 0.3 is 5.97 Å². The van der Waals surface area contributed by atoms with Crippen molar-refractivity contribution in [2.75, 3.05) is 0 Å². The van der Waals surface area contributed by atoms with Crippen LogP contribution < -0.4 is 5.43 Å². The Morgan fingerprint density at radius 3 is 2.89 bits per heavy atom. The second-order valence-electron chi connectivity index (χ2n) is 3.94. The van der Waals surface area contributed by atoms with Crippen molar-refractivity contribution in [2.45, 2.75) is 19.4 Å². The molecule has 2 rings (SSSR count). The van der Waals surface area contributed by atoms with Crippen LogP contribution in [-0.2, 0) is 20.9 Å². The Kier molecular flexibility index (Phi) is 3.88. The van der Waals surface area contributed by atoms with Gasteiger partial charge < -0.3 is 4.74 Å². The maximum Gasteiger partial charge on any atom is 0.354 e. The van der Waals surface area contributed by atoms with Crippen molar-refractivity contribution in [1.29, 1.82) is 5.26 Å². The molecule has 1 amide bonds. The summed E-state index contributed by atoms with van der Waals surface area (Å²) in [5.41, 5.74) is 3.52. The molecule has 96 valence electrons. The molecule has 0 unspecified atom stereocenters. The minimum atomic E-state index is -0.576. The van der Waals surface area contributed by atoms with E-state index in [1.165, 1.54) is 0 Å². The normalized spacial score (nSPS) is 14.1. The largest absolute Gasteiger partial charge is 0.456 e. The van der Waals surface area contributed by atoms with Gasteiger partial charge in [-0.05, 0) is 6.07 Å². The van der Waals surface area contributed by atoms with Crippen LogP contribution in [-0.4, -0.2) is 17.6 Å². The molecular formula is C13H11N3O3. The van der Waals surface area contributed by atoms with Gasteiger partial charge in [-0.15, -0.1) is 0 Å². The number of nitrogens with one attached hydrogen (secondary N) is 1. The smallest absolute Gasteiger partial charge is 0.354 e. The minimum Gasteiger partial charge on any atom is -0.456 e. The molecular weight excluding hydrogens is 246 g/mol. The number of rotatable bonds is 3. The number of hydrazone groups is 1. The summed E-state index contributed by atoms with van der Waals surface area (Å²) in [6.45, 7) is 0.00946. The molecule has 0 fully saturated rings. The fraction of sp³-hybridized carbons (Fsp3) is 0.231. The first-order chi connectivity index (χ1) is 9.20. The van der Waals surface area contributed by atoms with Gasteiger partial charge in [-0.25, -0.2) is 10.2 Å². The molecule has 1 N–H and O–H groups in total. The molecule has 6 nitrogen and oxygen atoms in total. The van der Waals surface area contributed by atoms with Gasteiger partial charge in [0.2, 0.25) is 5.91 Å². The highest BCUT2D eigenvalue weighted by Crippen LogP contribution is 2.10. The van der Waals surface area contributed by atoms with Crippen molar-refractivity contribution in [3.8, 4) is 6.07 Å². The van der Waals surface area contributed by atoms with E-state index in [9.17, 15) is 9.59 Å². The van der Waals surface area contributed by atoms with E-state index in [0.717, 1.165) is 0 Å². The predicted molar refractivity (Wildman–Crippen MR) is 65.8 cm³/mol. The van der Waals surface area contributed by atoms with Gasteiger partial charge in [-0.2, -0.15) is 10.4 Å². The zero-order chi connectivity index (χ0) is 13.7. The van der Waals surface area contributed by atoms with Crippen molar-refractivity contribution < 1.29 is 14.3 Å². The molecule has 1 aliphatic heterocycles. The van der Waals surface area contributed by atoms with Gasteiger partial charge in [0, 0.05) is 18.4 Å². The Bertz CT molecular complexity index is 587. The van der Waals surface area contributed by atoms with Crippen LogP contribution >= 0.6 is 0 Å². The van der Waals surface area contributed by atoms with Gasteiger partial charge in [-0.3, -0.25) is 4.79 Å². The Morgan fingerprint density at radius 1 is 1.42 bits per heavy atom. The third-order valence-corrected chi connectivity index (χ3v) is 2.64. The fourth-order valence-corrected chi connectivity index (χ4v) is 1.60. The van der Waals surface area contributed by atoms with E-state index in [0.29, 0.717) is 11.1 Å². The monoisotopic (exact) mass is 257 g/mol. The van der Waals surface area contributed by atoms with Crippen molar-refractivity contribution >= 4 is 17.6 Å². The summed E-state index contributed by atoms with van der Waals surface area (Å²) in [7, 11) is 0. The van der Waals surface area contributed by atoms with Crippen LogP contribution in [0.4, 0.5) is 0 Å². The molecule has 0 saturated carbocycles. The first-order valence-corrected chi connectivity index (χ1v) is 5.71. The van der Waals surface area contributed by atoms with Crippen LogP contribution in [0.3, 0.4) is 0 Å². The highest BCUT2D eigenvalue weighted by molar-refractivity contribution is 6.37. The van der Waals surface area contributed by atoms with Gasteiger partial charge in [0.1, 0.15) is 12.3 Å². The van der Waals surface area contributed by atoms with Crippen LogP contribution in [0.1, 0.15) is 24.0 Å². The van der Waals surface area contributed by atoms with E-state index >= 15 is 0 Å². The fourth-order valence-electron chi connectivity index (χ4n) is 1.60. The molecule has 0 atom stereocenters. The zero-order valence-corrected chi connectivity index (χ0v) is 10.0. The van der Waals surface area contributed by atoms with Gasteiger partial charge in [0.25, 0.3) is 0 Å². The van der Waals surface area contributed by atoms with Crippen molar-refractivity contribution in [3.05, 3.63) is 35.4 Å². The summed E-state index contributed by atoms with van der Waals surface area (Å²) >= 11 is 0. The molecule has 0 spiro atoms. The Labute approximate surface area is 109 Å². The molecule has 1 aromatic carbocycles. The first kappa shape index (κ1) is 12.8. The standard InChI is InChI=1S/C13H11N3O3/c14-7-9-3-1-2-4-10(9)8-19-13(18)11-5-6-12(17)16-15-11/h1-4H,5-6,8H2,(H,16,17). The van der Waals surface area contributed by atoms with E-state index in [1.54, 1.807) is 24.3 Å². The van der Waals surface area contributed by atoms with Gasteiger partial charge in [-0.1, -0.05) is 18.2 Å². The molecule has 0 radical (unpaired) electrons. The van der Waals surface area contributed by atoms with E-state index in [4.69, 9.17) is 10.00 Å². The van der Waals surface area contributed by atoms with E-state index < -0.39 is 5.97 Å². The molecule has 0 saturated heterocycles. The lowest BCUT2D eigenvalue weighted by Gasteiger charge is -2.11. The Morgan fingerprint density at radius 2 is 2.21 bits per heavy atom. The van der Waals surface area contributed by atoms with Crippen LogP contribution in [0.15, 0.2) is 29.4 Å². The van der Waals surface area contributed by atoms with Crippen molar-refractivity contribution in [1.82, 2.24) is 5.43 Å². The quantitative estimate of drug-likeness (QED) is 0.813. The van der Waals surface area contributed by atoms with Crippen LogP contribution in [0.2, 0.25) is 0 Å². The average Bonchev–Trinajstić information content (AvgIpc) is 2.45. The molecule has 1 aromatic rings. The molecule has 0 bridgehead atoms. The number of hydrogen-bond acceptors (Lipinski definition) is 5. The van der Waals surface area contributed by atoms with Crippen molar-refractivity contribution in [2.24, 2.45) is 5.10 Å². The Balaban J connectivity index is 1.98. The number of amides is 1. The maximum atomic E-state index is 11.7. The number of esters is 1. The number of carbonyl (C=O) groups excluding carboxylic acids is 2. The number of hydrogen-bond donors (Lipinski definition) is 1. The molecule has 6 heteroatoms. The summed E-state index contributed by atoms with van der Waals surface area (Å²) in [5, 5.41) is 12.5. The zero-order valence-electron chi connectivity index (χ0n) is 10.0. The second-order valence-corrected chi connectivity index (χ2v) is 3.94. The average molecular weight is 257 g/mol. The highest BCUT2D eigenvalue weighted by Gasteiger charge is 2.19. The molecule has 1 heterocycles. The van der Waals surface area contributed by atoms with E-state index in [2.05, 4.69) is 10.5 Å². The van der Waals surface area contributed by atoms with Crippen LogP contribution in [0, 0.1) is 11.3 Å². The lowest BCUT2D eigenvalue weighted by Crippen LogP contribution is -2.30. The predicted octanol–water partition coefficient (Wildman–Crippen LogP) is 0.867. The van der Waals surface area contributed by atoms with Gasteiger partial charge in [0.15, 0.2) is 0 Å². The molecule has 19 heavy (non-hydrogen) atoms. The second kappa shape index (κ2) is 5.78. The summed E-state index contributed by atoms with van der Waals surface area (Å²) < 4.78 is 5.07. The van der Waals surface area contributed by atoms with Crippen LogP contribution in [0.5, 0.6) is 0 Å². The number of nitriles is 1. The van der Waals surface area contributed by atoms with E-state index in [-0.39, 0.29) is 31.1 Å². The summed E-state index contributed by atoms with van der Waals surface area (Å²) in [5.74, 6) is -0.792. The lowest BCUT2D eigenvalue weighted by atomic mass is 10.1. The van der Waals surface area contributed by atoms with Gasteiger partial charge in [0.05, 0.1) is 11.6 Å². The summed E-state index contributed by atoms with van der Waals surface area (Å²) in [6.07, 6.45) is 0.493. The van der Waals surface area contributed by atoms with E-state index in [1.807, 2.05) is 6.07 Å². The number of ether oxygens (including phenoxy) is 1. The SMILES string of the molecule is N#Cc1ccccc1COC(=O)C1=NNC(=O)CC1. The topological polar surface area (TPSA) is 91.5 Å². The van der Waals surface area contributed by atoms with Crippen molar-refractivity contribution in [3.63, 3.8) is 0 Å². The summed E-state index contributed by atoms with van der Waals surface area (Å²) in [4.78, 5) is 22.6. The first-order valence-electron chi connectivity index (χ1n) is 5.71. The van der Waals surface area contributed by atoms with Crippen LogP contribution in [0.25, 0.3) is 0 Å². The number of nitrogens with zero attached hydrogens (tertiary/aromatic N) is 2. The maximum absolute atomic E-state index is 11.7. The summed E-state index contributed by atoms with van der Waals surface area (Å²) in [6, 6.07) is 8.91. The lowest BCUT2D eigenvalue weighted by molar-refractivity contribution is -0.137.